The summed E-state index contributed by atoms with van der Waals surface area (Å²) in [7, 11) is 0. The number of unbranched alkanes of at least 4 members (excludes halogenated alkanes) is 8. The molecule has 0 bridgehead atoms. The molecule has 0 aromatic rings. The van der Waals surface area contributed by atoms with Gasteiger partial charge < -0.3 is 14.6 Å². The molecule has 1 fully saturated rings. The molecule has 0 heterocycles. The van der Waals surface area contributed by atoms with E-state index in [1.807, 2.05) is 0 Å². The van der Waals surface area contributed by atoms with Gasteiger partial charge in [-0.15, -0.1) is 0 Å². The molecule has 0 amide bonds. The number of aliphatic hydroxyl groups is 1. The quantitative estimate of drug-likeness (QED) is 0.334. The number of aliphatic hydroxyl groups excluding tert-OH is 1. The van der Waals surface area contributed by atoms with Crippen molar-refractivity contribution in [2.75, 3.05) is 0 Å². The summed E-state index contributed by atoms with van der Waals surface area (Å²) in [4.78, 5) is 24.2. The van der Waals surface area contributed by atoms with Crippen LogP contribution in [0.5, 0.6) is 0 Å². The van der Waals surface area contributed by atoms with Gasteiger partial charge in [-0.2, -0.15) is 0 Å². The van der Waals surface area contributed by atoms with Crippen LogP contribution in [0.15, 0.2) is 0 Å². The maximum atomic E-state index is 12.1. The highest BCUT2D eigenvalue weighted by molar-refractivity contribution is 5.70. The van der Waals surface area contributed by atoms with Gasteiger partial charge in [0.05, 0.1) is 6.10 Å². The van der Waals surface area contributed by atoms with Gasteiger partial charge in [0.15, 0.2) is 0 Å². The van der Waals surface area contributed by atoms with Crippen molar-refractivity contribution < 1.29 is 24.2 Å². The first kappa shape index (κ1) is 23.9. The average molecular weight is 385 g/mol. The van der Waals surface area contributed by atoms with E-state index >= 15 is 0 Å². The Kier molecular flexibility index (Phi) is 13.2. The predicted octanol–water partition coefficient (Wildman–Crippen LogP) is 5.08. The van der Waals surface area contributed by atoms with Crippen molar-refractivity contribution in [3.05, 3.63) is 0 Å². The summed E-state index contributed by atoms with van der Waals surface area (Å²) in [5, 5.41) is 9.91. The van der Waals surface area contributed by atoms with Gasteiger partial charge >= 0.3 is 11.9 Å². The minimum Gasteiger partial charge on any atom is -0.458 e. The Morgan fingerprint density at radius 1 is 0.741 bits per heavy atom. The summed E-state index contributed by atoms with van der Waals surface area (Å²) in [6.07, 6.45) is 11.7. The summed E-state index contributed by atoms with van der Waals surface area (Å²) in [6, 6.07) is 0. The number of carbonyl (C=O) groups excluding carboxylic acids is 2. The van der Waals surface area contributed by atoms with Crippen LogP contribution in [0, 0.1) is 0 Å². The number of hydrogen-bond acceptors (Lipinski definition) is 5. The highest BCUT2D eigenvalue weighted by atomic mass is 16.6. The first-order valence-electron chi connectivity index (χ1n) is 11.1. The van der Waals surface area contributed by atoms with Crippen molar-refractivity contribution in [2.45, 2.75) is 128 Å². The van der Waals surface area contributed by atoms with Crippen LogP contribution in [0.4, 0.5) is 0 Å². The van der Waals surface area contributed by atoms with E-state index < -0.39 is 18.3 Å². The second-order valence-corrected chi connectivity index (χ2v) is 7.85. The Morgan fingerprint density at radius 2 is 1.22 bits per heavy atom. The van der Waals surface area contributed by atoms with Gasteiger partial charge in [-0.05, 0) is 25.7 Å². The third-order valence-corrected chi connectivity index (χ3v) is 5.24. The summed E-state index contributed by atoms with van der Waals surface area (Å²) in [6.45, 7) is 4.33. The van der Waals surface area contributed by atoms with Crippen LogP contribution in [0.2, 0.25) is 0 Å². The van der Waals surface area contributed by atoms with Crippen LogP contribution in [-0.4, -0.2) is 35.4 Å². The number of esters is 2. The van der Waals surface area contributed by atoms with Gasteiger partial charge in [-0.3, -0.25) is 9.59 Å². The number of hydrogen-bond donors (Lipinski definition) is 1. The fraction of sp³-hybridized carbons (Fsp3) is 0.909. The van der Waals surface area contributed by atoms with E-state index in [1.54, 1.807) is 0 Å². The van der Waals surface area contributed by atoms with E-state index in [-0.39, 0.29) is 11.9 Å². The molecule has 5 nitrogen and oxygen atoms in total. The summed E-state index contributed by atoms with van der Waals surface area (Å²) < 4.78 is 11.2. The largest absolute Gasteiger partial charge is 0.458 e. The number of ether oxygens (including phenoxy) is 2. The fourth-order valence-electron chi connectivity index (χ4n) is 3.54. The van der Waals surface area contributed by atoms with Crippen LogP contribution >= 0.6 is 0 Å². The first-order valence-corrected chi connectivity index (χ1v) is 11.1. The van der Waals surface area contributed by atoms with E-state index in [4.69, 9.17) is 9.47 Å². The summed E-state index contributed by atoms with van der Waals surface area (Å²) in [5.41, 5.74) is 0. The lowest BCUT2D eigenvalue weighted by molar-refractivity contribution is -0.175. The van der Waals surface area contributed by atoms with Crippen LogP contribution in [0.1, 0.15) is 110 Å². The lowest BCUT2D eigenvalue weighted by Gasteiger charge is -2.33. The lowest BCUT2D eigenvalue weighted by Crippen LogP contribution is -2.42. The third kappa shape index (κ3) is 11.4. The van der Waals surface area contributed by atoms with Crippen molar-refractivity contribution >= 4 is 11.9 Å². The van der Waals surface area contributed by atoms with Gasteiger partial charge in [0.2, 0.25) is 0 Å². The highest BCUT2D eigenvalue weighted by Gasteiger charge is 2.35. The Hall–Kier alpha value is -1.10. The van der Waals surface area contributed by atoms with Crippen molar-refractivity contribution in [1.29, 1.82) is 0 Å². The van der Waals surface area contributed by atoms with Gasteiger partial charge in [0, 0.05) is 19.3 Å². The molecule has 0 radical (unpaired) electrons. The standard InChI is InChI=1S/C22H40O5/c1-3-5-7-9-11-13-21(24)26-19-16-15-18(23)17-20(19)27-22(25)14-12-10-8-6-4-2/h18-20,23H,3-17H2,1-2H3/t18-,19-,20+/m0/s1. The minimum atomic E-state index is -0.513. The summed E-state index contributed by atoms with van der Waals surface area (Å²) >= 11 is 0. The molecular weight excluding hydrogens is 344 g/mol. The zero-order valence-corrected chi connectivity index (χ0v) is 17.4. The van der Waals surface area contributed by atoms with Crippen LogP contribution in [-0.2, 0) is 19.1 Å². The van der Waals surface area contributed by atoms with Crippen molar-refractivity contribution in [1.82, 2.24) is 0 Å². The van der Waals surface area contributed by atoms with Crippen molar-refractivity contribution in [3.63, 3.8) is 0 Å². The maximum absolute atomic E-state index is 12.1. The molecule has 0 aromatic heterocycles. The van der Waals surface area contributed by atoms with E-state index in [1.165, 1.54) is 25.7 Å². The molecule has 0 aliphatic heterocycles. The Balaban J connectivity index is 2.33. The van der Waals surface area contributed by atoms with Gasteiger partial charge in [-0.25, -0.2) is 0 Å². The Morgan fingerprint density at radius 3 is 1.74 bits per heavy atom. The van der Waals surface area contributed by atoms with Gasteiger partial charge in [0.1, 0.15) is 12.2 Å². The molecule has 158 valence electrons. The second kappa shape index (κ2) is 14.9. The second-order valence-electron chi connectivity index (χ2n) is 7.85. The number of rotatable bonds is 14. The molecule has 27 heavy (non-hydrogen) atoms. The smallest absolute Gasteiger partial charge is 0.306 e. The normalized spacial score (nSPS) is 22.4. The van der Waals surface area contributed by atoms with E-state index in [9.17, 15) is 14.7 Å². The van der Waals surface area contributed by atoms with Crippen molar-refractivity contribution in [2.24, 2.45) is 0 Å². The Labute approximate surface area is 165 Å². The third-order valence-electron chi connectivity index (χ3n) is 5.24. The predicted molar refractivity (Wildman–Crippen MR) is 106 cm³/mol. The van der Waals surface area contributed by atoms with Crippen molar-refractivity contribution in [3.8, 4) is 0 Å². The molecule has 5 heteroatoms. The monoisotopic (exact) mass is 384 g/mol. The first-order chi connectivity index (χ1) is 13.1. The molecule has 0 spiro atoms. The molecule has 0 saturated heterocycles. The van der Waals surface area contributed by atoms with E-state index in [0.717, 1.165) is 38.5 Å². The molecule has 1 rings (SSSR count). The Bertz CT molecular complexity index is 410. The molecule has 3 atom stereocenters. The highest BCUT2D eigenvalue weighted by Crippen LogP contribution is 2.26. The lowest BCUT2D eigenvalue weighted by atomic mass is 9.92. The number of carbonyl (C=O) groups is 2. The van der Waals surface area contributed by atoms with Crippen LogP contribution in [0.3, 0.4) is 0 Å². The molecule has 1 aliphatic carbocycles. The molecule has 1 saturated carbocycles. The molecule has 1 N–H and O–H groups in total. The maximum Gasteiger partial charge on any atom is 0.306 e. The van der Waals surface area contributed by atoms with Gasteiger partial charge in [0.25, 0.3) is 0 Å². The van der Waals surface area contributed by atoms with E-state index in [2.05, 4.69) is 13.8 Å². The molecule has 0 aromatic carbocycles. The summed E-state index contributed by atoms with van der Waals surface area (Å²) in [5.74, 6) is -0.459. The molecule has 0 unspecified atom stereocenters. The van der Waals surface area contributed by atoms with Gasteiger partial charge in [-0.1, -0.05) is 65.2 Å². The zero-order chi connectivity index (χ0) is 19.9. The minimum absolute atomic E-state index is 0.214. The zero-order valence-electron chi connectivity index (χ0n) is 17.4. The van der Waals surface area contributed by atoms with Crippen LogP contribution in [0.25, 0.3) is 0 Å². The molecular formula is C22H40O5. The fourth-order valence-corrected chi connectivity index (χ4v) is 3.54. The van der Waals surface area contributed by atoms with Crippen LogP contribution < -0.4 is 0 Å². The average Bonchev–Trinajstić information content (AvgIpc) is 2.63. The SMILES string of the molecule is CCCCCCCC(=O)O[C@H]1CC[C@H](O)C[C@H]1OC(=O)CCCCCCC. The van der Waals surface area contributed by atoms with E-state index in [0.29, 0.717) is 32.1 Å². The molecule has 1 aliphatic rings. The topological polar surface area (TPSA) is 72.8 Å².